The smallest absolute Gasteiger partial charge is 0.391 e. The van der Waals surface area contributed by atoms with Crippen molar-refractivity contribution < 1.29 is 35.9 Å². The lowest BCUT2D eigenvalue weighted by atomic mass is 10.2. The van der Waals surface area contributed by atoms with Gasteiger partial charge in [-0.1, -0.05) is 0 Å². The molecule has 1 unspecified atom stereocenters. The Morgan fingerprint density at radius 3 is 2.58 bits per heavy atom. The lowest BCUT2D eigenvalue weighted by molar-refractivity contribution is 0.327. The highest BCUT2D eigenvalue weighted by molar-refractivity contribution is 7.92. The molecule has 0 saturated carbocycles. The Balaban J connectivity index is 1.82. The molecular formula is C19H18F2N3O6PS2. The van der Waals surface area contributed by atoms with Crippen LogP contribution in [0.5, 0.6) is 11.5 Å². The molecule has 1 heterocycles. The summed E-state index contributed by atoms with van der Waals surface area (Å²) < 4.78 is 77.9. The van der Waals surface area contributed by atoms with Crippen LogP contribution >= 0.6 is 18.9 Å². The molecule has 0 spiro atoms. The lowest BCUT2D eigenvalue weighted by Gasteiger charge is -2.14. The first kappa shape index (κ1) is 25.0. The Kier molecular flexibility index (Phi) is 7.38. The molecule has 0 saturated heterocycles. The molecule has 1 atom stereocenters. The highest BCUT2D eigenvalue weighted by atomic mass is 32.2. The van der Waals surface area contributed by atoms with Crippen molar-refractivity contribution in [3.8, 4) is 17.6 Å². The third kappa shape index (κ3) is 5.67. The van der Waals surface area contributed by atoms with Gasteiger partial charge >= 0.3 is 7.60 Å². The number of hydrogen-bond acceptors (Lipinski definition) is 8. The van der Waals surface area contributed by atoms with Crippen molar-refractivity contribution in [2.24, 2.45) is 5.73 Å². The number of sulfonamides is 1. The minimum atomic E-state index is -4.60. The van der Waals surface area contributed by atoms with Crippen molar-refractivity contribution in [2.75, 3.05) is 19.4 Å². The maximum atomic E-state index is 14.5. The van der Waals surface area contributed by atoms with Crippen molar-refractivity contribution >= 4 is 39.0 Å². The second-order valence-corrected chi connectivity index (χ2v) is 11.5. The molecule has 0 aliphatic heterocycles. The molecule has 0 aliphatic carbocycles. The number of ether oxygens (including phenoxy) is 1. The van der Waals surface area contributed by atoms with E-state index in [2.05, 4.69) is 0 Å². The van der Waals surface area contributed by atoms with Crippen LogP contribution in [0, 0.1) is 29.9 Å². The van der Waals surface area contributed by atoms with Crippen LogP contribution in [0.25, 0.3) is 10.1 Å². The molecule has 9 nitrogen and oxygen atoms in total. The molecule has 0 aliphatic rings. The van der Waals surface area contributed by atoms with Crippen LogP contribution in [0.4, 0.5) is 8.78 Å². The number of aryl methyl sites for hydroxylation is 1. The Labute approximate surface area is 191 Å². The normalized spacial score (nSPS) is 13.5. The first-order chi connectivity index (χ1) is 15.5. The predicted octanol–water partition coefficient (Wildman–Crippen LogP) is 3.20. The minimum Gasteiger partial charge on any atom is -0.492 e. The summed E-state index contributed by atoms with van der Waals surface area (Å²) in [6, 6.07) is 7.07. The fourth-order valence-corrected chi connectivity index (χ4v) is 7.10. The van der Waals surface area contributed by atoms with E-state index in [1.54, 1.807) is 6.07 Å². The maximum absolute atomic E-state index is 14.5. The quantitative estimate of drug-likeness (QED) is 0.366. The number of nitrogens with zero attached hydrogens (tertiary/aromatic N) is 1. The van der Waals surface area contributed by atoms with Gasteiger partial charge in [0.15, 0.2) is 0 Å². The zero-order valence-corrected chi connectivity index (χ0v) is 19.6. The average molecular weight is 517 g/mol. The zero-order chi connectivity index (χ0) is 24.4. The molecule has 4 N–H and O–H groups in total. The van der Waals surface area contributed by atoms with Crippen LogP contribution in [0.15, 0.2) is 34.5 Å². The van der Waals surface area contributed by atoms with Crippen molar-refractivity contribution in [1.29, 1.82) is 5.26 Å². The number of nitrogens with two attached hydrogens (primary N) is 1. The van der Waals surface area contributed by atoms with E-state index in [1.165, 1.54) is 13.0 Å². The number of rotatable bonds is 9. The van der Waals surface area contributed by atoms with Crippen LogP contribution in [-0.2, 0) is 14.6 Å². The second-order valence-electron chi connectivity index (χ2n) is 6.72. The highest BCUT2D eigenvalue weighted by Gasteiger charge is 2.29. The number of thiophene rings is 1. The van der Waals surface area contributed by atoms with Gasteiger partial charge in [0.1, 0.15) is 46.3 Å². The molecule has 14 heteroatoms. The van der Waals surface area contributed by atoms with E-state index in [4.69, 9.17) is 20.3 Å². The third-order valence-electron chi connectivity index (χ3n) is 4.32. The fourth-order valence-electron chi connectivity index (χ4n) is 2.82. The highest BCUT2D eigenvalue weighted by Crippen LogP contribution is 2.43. The van der Waals surface area contributed by atoms with Crippen LogP contribution in [0.2, 0.25) is 0 Å². The van der Waals surface area contributed by atoms with E-state index in [9.17, 15) is 26.7 Å². The van der Waals surface area contributed by atoms with Gasteiger partial charge in [-0.05, 0) is 30.7 Å². The van der Waals surface area contributed by atoms with Crippen LogP contribution < -0.4 is 19.7 Å². The molecule has 0 radical (unpaired) electrons. The molecular weight excluding hydrogens is 499 g/mol. The molecule has 0 bridgehead atoms. The summed E-state index contributed by atoms with van der Waals surface area (Å²) in [4.78, 5) is 10.0. The molecule has 1 aromatic heterocycles. The van der Waals surface area contributed by atoms with E-state index in [1.807, 2.05) is 4.72 Å². The number of halogens is 2. The van der Waals surface area contributed by atoms with Crippen LogP contribution in [0.3, 0.4) is 0 Å². The molecule has 2 aromatic carbocycles. The number of nitriles is 1. The molecule has 176 valence electrons. The van der Waals surface area contributed by atoms with Gasteiger partial charge in [0.25, 0.3) is 10.0 Å². The molecule has 0 amide bonds. The topological polar surface area (TPSA) is 152 Å². The molecule has 33 heavy (non-hydrogen) atoms. The van der Waals surface area contributed by atoms with E-state index >= 15 is 0 Å². The third-order valence-corrected chi connectivity index (χ3v) is 8.92. The number of hydrogen-bond donors (Lipinski definition) is 3. The monoisotopic (exact) mass is 517 g/mol. The van der Waals surface area contributed by atoms with Crippen LogP contribution in [0.1, 0.15) is 11.1 Å². The van der Waals surface area contributed by atoms with Crippen molar-refractivity contribution in [3.63, 3.8) is 0 Å². The second kappa shape index (κ2) is 9.72. The van der Waals surface area contributed by atoms with Gasteiger partial charge < -0.3 is 19.9 Å². The Morgan fingerprint density at radius 2 is 1.94 bits per heavy atom. The fraction of sp³-hybridized carbons (Fsp3) is 0.211. The van der Waals surface area contributed by atoms with Gasteiger partial charge in [-0.15, -0.1) is 11.3 Å². The Hall–Kier alpha value is -2.59. The van der Waals surface area contributed by atoms with Crippen molar-refractivity contribution in [2.45, 2.75) is 11.1 Å². The Morgan fingerprint density at radius 1 is 1.24 bits per heavy atom. The summed E-state index contributed by atoms with van der Waals surface area (Å²) >= 11 is 0.653. The van der Waals surface area contributed by atoms with Gasteiger partial charge in [0.05, 0.1) is 10.3 Å². The number of fused-ring (bicyclic) bond motifs is 1. The molecule has 0 fully saturated rings. The standard InChI is InChI=1S/C19H18F2N3O6PS2/c1-11-15-6-14(29-5-4-22)8-17(21)18(15)32-19(11)33(27,28)24-10-31(25,26)30-13-3-2-12(9-23)16(20)7-13/h2-3,6-8,24H,4-5,10,22H2,1H3,(H,25,26). The summed E-state index contributed by atoms with van der Waals surface area (Å²) in [5.41, 5.74) is 5.30. The van der Waals surface area contributed by atoms with Gasteiger partial charge in [-0.2, -0.15) is 9.98 Å². The Bertz CT molecular complexity index is 1400. The van der Waals surface area contributed by atoms with E-state index < -0.39 is 35.5 Å². The van der Waals surface area contributed by atoms with E-state index in [0.29, 0.717) is 16.7 Å². The van der Waals surface area contributed by atoms with Gasteiger partial charge in [0, 0.05) is 24.1 Å². The van der Waals surface area contributed by atoms with Crippen LogP contribution in [-0.4, -0.2) is 32.7 Å². The largest absolute Gasteiger partial charge is 0.492 e. The van der Waals surface area contributed by atoms with Gasteiger partial charge in [0.2, 0.25) is 0 Å². The number of benzene rings is 2. The summed E-state index contributed by atoms with van der Waals surface area (Å²) in [7, 11) is -8.93. The zero-order valence-electron chi connectivity index (χ0n) is 17.0. The summed E-state index contributed by atoms with van der Waals surface area (Å²) in [5.74, 6) is -1.82. The van der Waals surface area contributed by atoms with E-state index in [0.717, 1.165) is 24.3 Å². The van der Waals surface area contributed by atoms with Gasteiger partial charge in [-0.25, -0.2) is 21.8 Å². The summed E-state index contributed by atoms with van der Waals surface area (Å²) in [6.07, 6.45) is -1.03. The summed E-state index contributed by atoms with van der Waals surface area (Å²) in [6.45, 7) is 1.83. The first-order valence-electron chi connectivity index (χ1n) is 9.23. The lowest BCUT2D eigenvalue weighted by Crippen LogP contribution is -2.25. The van der Waals surface area contributed by atoms with Crippen molar-refractivity contribution in [3.05, 3.63) is 53.1 Å². The minimum absolute atomic E-state index is 0.0736. The molecule has 3 aromatic rings. The average Bonchev–Trinajstić information content (AvgIpc) is 3.09. The SMILES string of the molecule is Cc1c(S(=O)(=O)NCP(=O)(O)Oc2ccc(C#N)c(F)c2)sc2c(F)cc(OCCN)cc12. The maximum Gasteiger partial charge on any atom is 0.391 e. The molecule has 3 rings (SSSR count). The summed E-state index contributed by atoms with van der Waals surface area (Å²) in [5, 5.41) is 9.03. The first-order valence-corrected chi connectivity index (χ1v) is 13.3. The predicted molar refractivity (Wildman–Crippen MR) is 118 cm³/mol. The van der Waals surface area contributed by atoms with E-state index in [-0.39, 0.29) is 44.7 Å². The number of nitrogens with one attached hydrogen (secondary N) is 1. The van der Waals surface area contributed by atoms with Crippen molar-refractivity contribution in [1.82, 2.24) is 4.72 Å². The van der Waals surface area contributed by atoms with Gasteiger partial charge in [-0.3, -0.25) is 0 Å².